The molecule has 7 heteroatoms. The van der Waals surface area contributed by atoms with E-state index >= 15 is 0 Å². The van der Waals surface area contributed by atoms with Gasteiger partial charge in [-0.1, -0.05) is 30.3 Å². The van der Waals surface area contributed by atoms with Crippen molar-refractivity contribution in [1.29, 1.82) is 0 Å². The van der Waals surface area contributed by atoms with Gasteiger partial charge >= 0.3 is 0 Å². The van der Waals surface area contributed by atoms with Crippen molar-refractivity contribution in [2.24, 2.45) is 5.73 Å². The second-order valence-corrected chi connectivity index (χ2v) is 5.29. The Bertz CT molecular complexity index is 484. The highest BCUT2D eigenvalue weighted by molar-refractivity contribution is 5.81. The molecule has 1 aromatic rings. The summed E-state index contributed by atoms with van der Waals surface area (Å²) in [5.41, 5.74) is 6.24. The van der Waals surface area contributed by atoms with Crippen molar-refractivity contribution in [2.75, 3.05) is 13.2 Å². The van der Waals surface area contributed by atoms with Crippen molar-refractivity contribution < 1.29 is 25.0 Å². The maximum absolute atomic E-state index is 11.3. The molecule has 4 atom stereocenters. The fourth-order valence-electron chi connectivity index (χ4n) is 2.36. The number of rotatable bonds is 7. The first-order valence-corrected chi connectivity index (χ1v) is 7.09. The summed E-state index contributed by atoms with van der Waals surface area (Å²) in [6.45, 7) is -0.129. The summed E-state index contributed by atoms with van der Waals surface area (Å²) in [5.74, 6) is -0.785. The highest BCUT2D eigenvalue weighted by Gasteiger charge is 2.44. The van der Waals surface area contributed by atoms with Crippen LogP contribution in [0.4, 0.5) is 0 Å². The van der Waals surface area contributed by atoms with Crippen LogP contribution in [0.25, 0.3) is 0 Å². The van der Waals surface area contributed by atoms with Crippen molar-refractivity contribution >= 4 is 5.91 Å². The summed E-state index contributed by atoms with van der Waals surface area (Å²) in [4.78, 5) is 16.6. The molecule has 121 valence electrons. The Morgan fingerprint density at radius 3 is 2.73 bits per heavy atom. The van der Waals surface area contributed by atoms with Gasteiger partial charge in [-0.25, -0.2) is 0 Å². The lowest BCUT2D eigenvalue weighted by Gasteiger charge is -2.23. The predicted octanol–water partition coefficient (Wildman–Crippen LogP) is -1.38. The van der Waals surface area contributed by atoms with Crippen molar-refractivity contribution in [3.8, 4) is 0 Å². The van der Waals surface area contributed by atoms with Crippen LogP contribution >= 0.6 is 0 Å². The molecule has 7 nitrogen and oxygen atoms in total. The molecule has 0 saturated carbocycles. The van der Waals surface area contributed by atoms with Gasteiger partial charge in [-0.2, -0.15) is 5.06 Å². The average Bonchev–Trinajstić information content (AvgIpc) is 2.79. The Morgan fingerprint density at radius 2 is 2.09 bits per heavy atom. The average molecular weight is 309 g/mol. The van der Waals surface area contributed by atoms with Gasteiger partial charge in [0, 0.05) is 0 Å². The van der Waals surface area contributed by atoms with Gasteiger partial charge in [0.05, 0.1) is 25.4 Å². The fourth-order valence-corrected chi connectivity index (χ4v) is 2.36. The fraction of sp³-hybridized carbons (Fsp3) is 0.467. The zero-order valence-electron chi connectivity index (χ0n) is 12.1. The van der Waals surface area contributed by atoms with E-state index in [4.69, 9.17) is 10.6 Å². The Balaban J connectivity index is 1.78. The summed E-state index contributed by atoms with van der Waals surface area (Å²) >= 11 is 0. The van der Waals surface area contributed by atoms with E-state index < -0.39 is 30.3 Å². The molecule has 0 spiro atoms. The molecule has 1 fully saturated rings. The number of β-amino-alcohol motifs (C(OH)–C–C–N with tert-alkyl or cyclic N) is 1. The van der Waals surface area contributed by atoms with Gasteiger partial charge in [0.2, 0.25) is 5.91 Å². The van der Waals surface area contributed by atoms with Gasteiger partial charge in [-0.3, -0.25) is 9.63 Å². The summed E-state index contributed by atoms with van der Waals surface area (Å²) in [6, 6.07) is 8.52. The quantitative estimate of drug-likeness (QED) is 0.493. The number of carbonyl (C=O) groups is 1. The highest BCUT2D eigenvalue weighted by atomic mass is 16.7. The van der Waals surface area contributed by atoms with E-state index in [2.05, 4.69) is 0 Å². The van der Waals surface area contributed by atoms with Crippen molar-refractivity contribution in [2.45, 2.75) is 30.8 Å². The van der Waals surface area contributed by atoms with Gasteiger partial charge in [0.15, 0.2) is 0 Å². The summed E-state index contributed by atoms with van der Waals surface area (Å²) in [7, 11) is 0. The van der Waals surface area contributed by atoms with Crippen LogP contribution in [0.15, 0.2) is 30.3 Å². The number of amides is 1. The Kier molecular flexibility index (Phi) is 5.87. The van der Waals surface area contributed by atoms with Crippen LogP contribution < -0.4 is 5.73 Å². The molecule has 0 bridgehead atoms. The molecule has 1 aromatic carbocycles. The molecule has 1 saturated heterocycles. The molecule has 1 unspecified atom stereocenters. The van der Waals surface area contributed by atoms with E-state index in [1.54, 1.807) is 6.42 Å². The number of hydrogen-bond acceptors (Lipinski definition) is 6. The van der Waals surface area contributed by atoms with Gasteiger partial charge in [0.1, 0.15) is 12.1 Å². The van der Waals surface area contributed by atoms with Gasteiger partial charge in [-0.15, -0.1) is 0 Å². The first kappa shape index (κ1) is 16.9. The lowest BCUT2D eigenvalue weighted by Crippen LogP contribution is -2.47. The van der Waals surface area contributed by atoms with Crippen molar-refractivity contribution in [3.05, 3.63) is 42.3 Å². The maximum Gasteiger partial charge on any atom is 0.239 e. The molecular formula is C15H21N2O5. The molecule has 0 aromatic heterocycles. The molecule has 2 rings (SSSR count). The van der Waals surface area contributed by atoms with Crippen molar-refractivity contribution in [1.82, 2.24) is 5.06 Å². The molecule has 1 heterocycles. The van der Waals surface area contributed by atoms with Crippen molar-refractivity contribution in [3.63, 3.8) is 0 Å². The summed E-state index contributed by atoms with van der Waals surface area (Å²) in [6.07, 6.45) is -0.984. The van der Waals surface area contributed by atoms with Gasteiger partial charge in [-0.05, 0) is 18.4 Å². The largest absolute Gasteiger partial charge is 0.390 e. The Morgan fingerprint density at radius 1 is 1.41 bits per heavy atom. The van der Waals surface area contributed by atoms with Crippen LogP contribution in [0.2, 0.25) is 0 Å². The maximum atomic E-state index is 11.3. The topological polar surface area (TPSA) is 116 Å². The van der Waals surface area contributed by atoms with Crippen LogP contribution in [0.1, 0.15) is 5.56 Å². The van der Waals surface area contributed by atoms with E-state index in [9.17, 15) is 20.1 Å². The molecule has 5 N–H and O–H groups in total. The molecule has 1 radical (unpaired) electrons. The van der Waals surface area contributed by atoms with Crippen LogP contribution in [-0.2, 0) is 16.1 Å². The second kappa shape index (κ2) is 7.66. The SMILES string of the molecule is NC(=O)C1[C@@H](O)[C@@H](O)CN1OC[C@H](O)[CH]Cc1ccccc1. The Labute approximate surface area is 128 Å². The highest BCUT2D eigenvalue weighted by Crippen LogP contribution is 2.19. The molecule has 1 amide bonds. The number of hydrogen-bond donors (Lipinski definition) is 4. The zero-order valence-corrected chi connectivity index (χ0v) is 12.1. The summed E-state index contributed by atoms with van der Waals surface area (Å²) < 4.78 is 0. The number of benzene rings is 1. The smallest absolute Gasteiger partial charge is 0.239 e. The molecule has 1 aliphatic heterocycles. The third kappa shape index (κ3) is 4.25. The number of hydroxylamine groups is 2. The van der Waals surface area contributed by atoms with E-state index in [0.29, 0.717) is 6.42 Å². The lowest BCUT2D eigenvalue weighted by atomic mass is 10.1. The Hall–Kier alpha value is -1.51. The standard InChI is InChI=1S/C15H21N2O5/c16-15(21)13-14(20)12(19)8-17(13)22-9-11(18)7-6-10-4-2-1-3-5-10/h1-5,7,11-14,18-20H,6,8-9H2,(H2,16,21)/t11-,12+,13?,14+/m1/s1. The van der Waals surface area contributed by atoms with E-state index in [1.807, 2.05) is 30.3 Å². The van der Waals surface area contributed by atoms with Crippen LogP contribution in [0.5, 0.6) is 0 Å². The minimum Gasteiger partial charge on any atom is -0.390 e. The lowest BCUT2D eigenvalue weighted by molar-refractivity contribution is -0.193. The van der Waals surface area contributed by atoms with E-state index in [1.165, 1.54) is 0 Å². The third-order valence-corrected chi connectivity index (χ3v) is 3.57. The summed E-state index contributed by atoms with van der Waals surface area (Å²) in [5, 5.41) is 30.2. The second-order valence-electron chi connectivity index (χ2n) is 5.29. The molecule has 22 heavy (non-hydrogen) atoms. The normalized spacial score (nSPS) is 27.0. The zero-order chi connectivity index (χ0) is 16.1. The van der Waals surface area contributed by atoms with Crippen LogP contribution in [-0.4, -0.2) is 63.8 Å². The number of carbonyl (C=O) groups excluding carboxylic acids is 1. The number of aliphatic hydroxyl groups is 3. The van der Waals surface area contributed by atoms with E-state index in [-0.39, 0.29) is 13.2 Å². The number of aliphatic hydroxyl groups excluding tert-OH is 3. The number of nitrogens with two attached hydrogens (primary N) is 1. The monoisotopic (exact) mass is 309 g/mol. The number of nitrogens with zero attached hydrogens (tertiary/aromatic N) is 1. The van der Waals surface area contributed by atoms with Gasteiger partial charge in [0.25, 0.3) is 0 Å². The molecular weight excluding hydrogens is 288 g/mol. The van der Waals surface area contributed by atoms with Crippen LogP contribution in [0.3, 0.4) is 0 Å². The first-order valence-electron chi connectivity index (χ1n) is 7.09. The minimum absolute atomic E-state index is 0.0415. The third-order valence-electron chi connectivity index (χ3n) is 3.57. The molecule has 0 aliphatic carbocycles. The number of primary amides is 1. The predicted molar refractivity (Wildman–Crippen MR) is 78.1 cm³/mol. The minimum atomic E-state index is -1.29. The first-order chi connectivity index (χ1) is 10.5. The van der Waals surface area contributed by atoms with Crippen LogP contribution in [0, 0.1) is 6.42 Å². The molecule has 1 aliphatic rings. The van der Waals surface area contributed by atoms with E-state index in [0.717, 1.165) is 10.6 Å². The van der Waals surface area contributed by atoms with Gasteiger partial charge < -0.3 is 21.1 Å².